The number of thiophene rings is 1. The predicted molar refractivity (Wildman–Crippen MR) is 30.1 cm³/mol. The van der Waals surface area contributed by atoms with Crippen molar-refractivity contribution in [3.63, 3.8) is 0 Å². The first kappa shape index (κ1) is 6.47. The number of hydrogen-bond donors (Lipinski definition) is 0. The first-order valence-corrected chi connectivity index (χ1v) is 2.41. The molecule has 28 valence electrons. The van der Waals surface area contributed by atoms with E-state index in [1.807, 2.05) is 22.9 Å². The summed E-state index contributed by atoms with van der Waals surface area (Å²) in [6.07, 6.45) is 0. The third kappa shape index (κ3) is 1.80. The quantitative estimate of drug-likeness (QED) is 0.440. The summed E-state index contributed by atoms with van der Waals surface area (Å²) in [4.78, 5) is 0. The monoisotopic (exact) mass is 108 g/mol. The summed E-state index contributed by atoms with van der Waals surface area (Å²) in [7, 11) is 0. The molecule has 0 aromatic carbocycles. The molecular weight excluding hydrogens is 104 g/mol. The molecule has 0 atom stereocenters. The normalized spacial score (nSPS) is 6.67. The van der Waals surface area contributed by atoms with Gasteiger partial charge in [-0.2, -0.15) is 11.3 Å². The first-order chi connectivity index (χ1) is 2.50. The van der Waals surface area contributed by atoms with Crippen LogP contribution in [0.2, 0.25) is 0 Å². The Bertz CT molecular complexity index is 64.0. The molecule has 1 rings (SSSR count). The molecule has 0 spiro atoms. The maximum absolute atomic E-state index is 2.04. The summed E-state index contributed by atoms with van der Waals surface area (Å²) in [6.45, 7) is 0. The van der Waals surface area contributed by atoms with Gasteiger partial charge in [0.15, 0.2) is 0 Å². The van der Waals surface area contributed by atoms with Crippen LogP contribution in [-0.4, -0.2) is 23.1 Å². The fourth-order valence-electron chi connectivity index (χ4n) is 0.227. The molecule has 0 aliphatic rings. The van der Waals surface area contributed by atoms with Gasteiger partial charge in [-0.05, 0) is 10.8 Å². The van der Waals surface area contributed by atoms with Gasteiger partial charge in [-0.25, -0.2) is 0 Å². The van der Waals surface area contributed by atoms with E-state index >= 15 is 0 Å². The SMILES string of the molecule is [Mg].c1ccsc1. The van der Waals surface area contributed by atoms with Crippen molar-refractivity contribution in [2.75, 3.05) is 0 Å². The molecule has 0 aliphatic carbocycles. The Morgan fingerprint density at radius 2 is 1.50 bits per heavy atom. The summed E-state index contributed by atoms with van der Waals surface area (Å²) < 4.78 is 0. The fourth-order valence-corrected chi connectivity index (χ4v) is 0.680. The van der Waals surface area contributed by atoms with Gasteiger partial charge in [-0.15, -0.1) is 0 Å². The molecule has 0 saturated carbocycles. The molecule has 2 heteroatoms. The third-order valence-electron chi connectivity index (χ3n) is 0.425. The molecule has 0 saturated heterocycles. The van der Waals surface area contributed by atoms with Gasteiger partial charge in [0.05, 0.1) is 0 Å². The van der Waals surface area contributed by atoms with Gasteiger partial charge >= 0.3 is 0 Å². The second-order valence-electron chi connectivity index (χ2n) is 0.793. The zero-order valence-electron chi connectivity index (χ0n) is 3.42. The van der Waals surface area contributed by atoms with Crippen molar-refractivity contribution < 1.29 is 0 Å². The highest BCUT2D eigenvalue weighted by Gasteiger charge is 1.58. The molecule has 0 bridgehead atoms. The van der Waals surface area contributed by atoms with Gasteiger partial charge in [0.2, 0.25) is 0 Å². The van der Waals surface area contributed by atoms with Crippen molar-refractivity contribution in [1.82, 2.24) is 0 Å². The highest BCUT2D eigenvalue weighted by atomic mass is 32.1. The first-order valence-electron chi connectivity index (χ1n) is 1.47. The lowest BCUT2D eigenvalue weighted by atomic mass is 10.7. The third-order valence-corrected chi connectivity index (χ3v) is 1.05. The van der Waals surface area contributed by atoms with E-state index in [-0.39, 0.29) is 23.1 Å². The van der Waals surface area contributed by atoms with Crippen LogP contribution in [0.25, 0.3) is 0 Å². The van der Waals surface area contributed by atoms with Crippen molar-refractivity contribution in [2.45, 2.75) is 0 Å². The van der Waals surface area contributed by atoms with Crippen LogP contribution < -0.4 is 0 Å². The van der Waals surface area contributed by atoms with E-state index < -0.39 is 0 Å². The van der Waals surface area contributed by atoms with E-state index in [2.05, 4.69) is 0 Å². The van der Waals surface area contributed by atoms with Crippen LogP contribution in [0.15, 0.2) is 22.9 Å². The van der Waals surface area contributed by atoms with Crippen LogP contribution in [0.1, 0.15) is 0 Å². The van der Waals surface area contributed by atoms with Gasteiger partial charge in [-0.3, -0.25) is 0 Å². The summed E-state index contributed by atoms with van der Waals surface area (Å²) in [5.41, 5.74) is 0. The summed E-state index contributed by atoms with van der Waals surface area (Å²) in [5.74, 6) is 0. The lowest BCUT2D eigenvalue weighted by molar-refractivity contribution is 2.03. The van der Waals surface area contributed by atoms with E-state index in [1.54, 1.807) is 11.3 Å². The zero-order valence-corrected chi connectivity index (χ0v) is 5.66. The van der Waals surface area contributed by atoms with Crippen molar-refractivity contribution in [1.29, 1.82) is 0 Å². The lowest BCUT2D eigenvalue weighted by Gasteiger charge is -1.39. The van der Waals surface area contributed by atoms with E-state index in [4.69, 9.17) is 0 Å². The summed E-state index contributed by atoms with van der Waals surface area (Å²) >= 11 is 1.71. The Hall–Kier alpha value is 0.466. The maximum atomic E-state index is 2.04. The Balaban J connectivity index is 0.000000250. The molecule has 1 heterocycles. The Kier molecular flexibility index (Phi) is 3.93. The van der Waals surface area contributed by atoms with Gasteiger partial charge < -0.3 is 0 Å². The van der Waals surface area contributed by atoms with Crippen molar-refractivity contribution in [2.24, 2.45) is 0 Å². The molecule has 1 aromatic heterocycles. The molecule has 0 aliphatic heterocycles. The minimum atomic E-state index is 0. The van der Waals surface area contributed by atoms with Gasteiger partial charge in [0.25, 0.3) is 0 Å². The lowest BCUT2D eigenvalue weighted by Crippen LogP contribution is -1.16. The van der Waals surface area contributed by atoms with E-state index in [0.717, 1.165) is 0 Å². The second-order valence-corrected chi connectivity index (χ2v) is 1.61. The Morgan fingerprint density at radius 3 is 1.67 bits per heavy atom. The topological polar surface area (TPSA) is 0 Å². The summed E-state index contributed by atoms with van der Waals surface area (Å²) in [5, 5.41) is 4.08. The molecule has 0 amide bonds. The Morgan fingerprint density at radius 1 is 1.00 bits per heavy atom. The predicted octanol–water partition coefficient (Wildman–Crippen LogP) is 1.37. The van der Waals surface area contributed by atoms with E-state index in [1.165, 1.54) is 0 Å². The molecule has 0 unspecified atom stereocenters. The average molecular weight is 108 g/mol. The minimum Gasteiger partial charge on any atom is -0.152 e. The smallest absolute Gasteiger partial charge is 0 e. The Labute approximate surface area is 57.3 Å². The van der Waals surface area contributed by atoms with Crippen LogP contribution in [0.3, 0.4) is 0 Å². The van der Waals surface area contributed by atoms with Crippen molar-refractivity contribution >= 4 is 34.4 Å². The highest BCUT2D eigenvalue weighted by Crippen LogP contribution is 1.91. The maximum Gasteiger partial charge on any atom is 0 e. The van der Waals surface area contributed by atoms with E-state index in [9.17, 15) is 0 Å². The standard InChI is InChI=1S/C4H4S.Mg/c1-2-4-5-3-1;/h1-4H;. The molecule has 0 nitrogen and oxygen atoms in total. The largest absolute Gasteiger partial charge is 0.152 e. The van der Waals surface area contributed by atoms with Gasteiger partial charge in [0, 0.05) is 23.1 Å². The van der Waals surface area contributed by atoms with Crippen LogP contribution in [0.5, 0.6) is 0 Å². The van der Waals surface area contributed by atoms with Crippen LogP contribution in [0.4, 0.5) is 0 Å². The van der Waals surface area contributed by atoms with Crippen molar-refractivity contribution in [3.05, 3.63) is 22.9 Å². The van der Waals surface area contributed by atoms with Crippen LogP contribution in [0, 0.1) is 0 Å². The van der Waals surface area contributed by atoms with Crippen LogP contribution >= 0.6 is 11.3 Å². The van der Waals surface area contributed by atoms with Gasteiger partial charge in [0.1, 0.15) is 0 Å². The molecule has 0 N–H and O–H groups in total. The average Bonchev–Trinajstić information content (AvgIpc) is 1.76. The van der Waals surface area contributed by atoms with E-state index in [0.29, 0.717) is 0 Å². The molecule has 1 aromatic rings. The minimum absolute atomic E-state index is 0. The fraction of sp³-hybridized carbons (Fsp3) is 0. The van der Waals surface area contributed by atoms with Crippen LogP contribution in [-0.2, 0) is 0 Å². The summed E-state index contributed by atoms with van der Waals surface area (Å²) in [6, 6.07) is 4.04. The van der Waals surface area contributed by atoms with Gasteiger partial charge in [-0.1, -0.05) is 12.1 Å². The number of hydrogen-bond acceptors (Lipinski definition) is 1. The molecule has 0 fully saturated rings. The van der Waals surface area contributed by atoms with Crippen molar-refractivity contribution in [3.8, 4) is 0 Å². The molecule has 6 heavy (non-hydrogen) atoms. The second kappa shape index (κ2) is 3.65. The molecular formula is C4H4MgS. The number of rotatable bonds is 0. The zero-order chi connectivity index (χ0) is 3.54. The highest BCUT2D eigenvalue weighted by molar-refractivity contribution is 7.07. The molecule has 2 radical (unpaired) electrons.